The first-order valence-electron chi connectivity index (χ1n) is 18.2. The van der Waals surface area contributed by atoms with Crippen LogP contribution in [-0.4, -0.2) is 108 Å². The van der Waals surface area contributed by atoms with Gasteiger partial charge in [-0.15, -0.1) is 0 Å². The molecule has 9 nitrogen and oxygen atoms in total. The highest BCUT2D eigenvalue weighted by atomic mass is 19.3. The number of aliphatic hydroxyl groups is 1. The summed E-state index contributed by atoms with van der Waals surface area (Å²) in [5.41, 5.74) is 9.05. The number of alkyl halides is 3. The summed E-state index contributed by atoms with van der Waals surface area (Å²) < 4.78 is 78.2. The Morgan fingerprint density at radius 3 is 2.56 bits per heavy atom. The van der Waals surface area contributed by atoms with Gasteiger partial charge >= 0.3 is 0 Å². The molecular weight excluding hydrogens is 683 g/mol. The predicted octanol–water partition coefficient (Wildman–Crippen LogP) is 5.64. The van der Waals surface area contributed by atoms with Gasteiger partial charge in [-0.2, -0.15) is 0 Å². The molecule has 2 fully saturated rings. The standard InChI is InChI=1S/C38H47F5N6O3/c1-20(18-47-7-9-48(10-8-47)19-32(41)42)34(43)21(2)35(44)29-17-27-25(5-6-45-37(27)46-29)26-15-24(39)16-30(36(26)50)49-11-12-52-31-14-23(22-3-4-22)13-28(40)33(31)38(49)51/h5,13,16-17,22-24,26,32,36,45-46,50H,3-4,6-12,14-15,18-19,44H2,1-2H3/b34-20-,35-21-. The van der Waals surface area contributed by atoms with Crippen molar-refractivity contribution in [2.75, 3.05) is 64.3 Å². The summed E-state index contributed by atoms with van der Waals surface area (Å²) >= 11 is 0. The molecule has 1 amide bonds. The minimum absolute atomic E-state index is 0.0104. The van der Waals surface area contributed by atoms with Crippen LogP contribution in [0, 0.1) is 17.8 Å². The Labute approximate surface area is 300 Å². The van der Waals surface area contributed by atoms with Gasteiger partial charge < -0.3 is 30.8 Å². The van der Waals surface area contributed by atoms with E-state index in [0.29, 0.717) is 85.6 Å². The SMILES string of the molecule is C/C(CN1CCN(CC(F)F)CC1)=C(F)\C(C)=C(/N)c1cc2c([nH]1)NCC=C2C1CC(F)C=C(N2CCOC3=C(C2=O)C(F)=CC(C2CC2)C3)C1O. The Morgan fingerprint density at radius 2 is 1.85 bits per heavy atom. The Morgan fingerprint density at radius 1 is 1.12 bits per heavy atom. The van der Waals surface area contributed by atoms with E-state index in [0.717, 1.165) is 12.8 Å². The van der Waals surface area contributed by atoms with E-state index in [9.17, 15) is 18.7 Å². The van der Waals surface area contributed by atoms with E-state index in [-0.39, 0.29) is 54.6 Å². The normalized spacial score (nSPS) is 28.5. The molecule has 282 valence electrons. The number of nitrogens with one attached hydrogen (secondary N) is 2. The van der Waals surface area contributed by atoms with Gasteiger partial charge in [0.15, 0.2) is 0 Å². The van der Waals surface area contributed by atoms with Crippen LogP contribution in [0.5, 0.6) is 0 Å². The predicted molar refractivity (Wildman–Crippen MR) is 189 cm³/mol. The summed E-state index contributed by atoms with van der Waals surface area (Å²) in [4.78, 5) is 22.0. The van der Waals surface area contributed by atoms with Crippen molar-refractivity contribution in [3.8, 4) is 0 Å². The van der Waals surface area contributed by atoms with Crippen molar-refractivity contribution in [3.63, 3.8) is 0 Å². The Hall–Kier alpha value is -3.88. The monoisotopic (exact) mass is 730 g/mol. The minimum atomic E-state index is -2.39. The second-order valence-electron chi connectivity index (χ2n) is 14.8. The maximum Gasteiger partial charge on any atom is 0.264 e. The molecule has 4 atom stereocenters. The number of nitrogens with two attached hydrogens (primary N) is 1. The zero-order valence-corrected chi connectivity index (χ0v) is 29.5. The van der Waals surface area contributed by atoms with Crippen molar-refractivity contribution in [3.05, 3.63) is 75.4 Å². The Balaban J connectivity index is 1.08. The third kappa shape index (κ3) is 7.34. The first kappa shape index (κ1) is 36.5. The van der Waals surface area contributed by atoms with Gasteiger partial charge in [0.2, 0.25) is 0 Å². The molecule has 3 aliphatic carbocycles. The molecule has 0 aromatic carbocycles. The van der Waals surface area contributed by atoms with E-state index in [2.05, 4.69) is 10.3 Å². The highest BCUT2D eigenvalue weighted by Gasteiger charge is 2.43. The van der Waals surface area contributed by atoms with Crippen LogP contribution in [0.4, 0.5) is 27.8 Å². The van der Waals surface area contributed by atoms with Crippen molar-refractivity contribution in [2.24, 2.45) is 23.5 Å². The number of anilines is 1. The second kappa shape index (κ2) is 14.9. The first-order valence-corrected chi connectivity index (χ1v) is 18.2. The highest BCUT2D eigenvalue weighted by molar-refractivity contribution is 5.99. The molecule has 0 radical (unpaired) electrons. The number of aromatic nitrogens is 1. The summed E-state index contributed by atoms with van der Waals surface area (Å²) in [5, 5.41) is 15.0. The van der Waals surface area contributed by atoms with Gasteiger partial charge in [0.1, 0.15) is 47.7 Å². The average molecular weight is 731 g/mol. The lowest BCUT2D eigenvalue weighted by Crippen LogP contribution is -2.48. The highest BCUT2D eigenvalue weighted by Crippen LogP contribution is 2.47. The van der Waals surface area contributed by atoms with Crippen LogP contribution in [-0.2, 0) is 9.53 Å². The lowest BCUT2D eigenvalue weighted by molar-refractivity contribution is -0.126. The van der Waals surface area contributed by atoms with Crippen LogP contribution < -0.4 is 11.1 Å². The average Bonchev–Trinajstić information content (AvgIpc) is 3.90. The summed E-state index contributed by atoms with van der Waals surface area (Å²) in [6.07, 6.45) is 1.91. The van der Waals surface area contributed by atoms with Crippen LogP contribution in [0.1, 0.15) is 50.8 Å². The summed E-state index contributed by atoms with van der Waals surface area (Å²) in [5.74, 6) is -1.20. The molecule has 4 unspecified atom stereocenters. The number of fused-ring (bicyclic) bond motifs is 1. The topological polar surface area (TPSA) is 110 Å². The van der Waals surface area contributed by atoms with E-state index in [4.69, 9.17) is 10.5 Å². The van der Waals surface area contributed by atoms with Crippen LogP contribution in [0.3, 0.4) is 0 Å². The summed E-state index contributed by atoms with van der Waals surface area (Å²) in [6.45, 7) is 5.92. The molecule has 1 saturated heterocycles. The van der Waals surface area contributed by atoms with Crippen LogP contribution >= 0.6 is 0 Å². The number of rotatable bonds is 9. The molecule has 5 N–H and O–H groups in total. The van der Waals surface area contributed by atoms with E-state index in [1.54, 1.807) is 24.8 Å². The smallest absolute Gasteiger partial charge is 0.264 e. The van der Waals surface area contributed by atoms with Gasteiger partial charge in [0, 0.05) is 68.4 Å². The molecule has 3 aliphatic heterocycles. The maximum atomic E-state index is 15.8. The third-order valence-corrected chi connectivity index (χ3v) is 11.3. The van der Waals surface area contributed by atoms with Gasteiger partial charge in [-0.25, -0.2) is 22.0 Å². The number of aromatic amines is 1. The number of aliphatic hydroxyl groups excluding tert-OH is 1. The van der Waals surface area contributed by atoms with Crippen LogP contribution in [0.25, 0.3) is 11.3 Å². The molecular formula is C38H47F5N6O3. The second-order valence-corrected chi connectivity index (χ2v) is 14.8. The zero-order chi connectivity index (χ0) is 36.8. The largest absolute Gasteiger partial charge is 0.495 e. The minimum Gasteiger partial charge on any atom is -0.495 e. The molecule has 14 heteroatoms. The number of H-pyrrole nitrogens is 1. The zero-order valence-electron chi connectivity index (χ0n) is 29.5. The lowest BCUT2D eigenvalue weighted by Gasteiger charge is -2.37. The number of halogens is 5. The molecule has 1 aromatic rings. The van der Waals surface area contributed by atoms with E-state index in [1.807, 2.05) is 11.0 Å². The number of hydrogen-bond acceptors (Lipinski definition) is 7. The third-order valence-electron chi connectivity index (χ3n) is 11.3. The Bertz CT molecular complexity index is 1770. The summed E-state index contributed by atoms with van der Waals surface area (Å²) in [7, 11) is 0. The van der Waals surface area contributed by atoms with Gasteiger partial charge in [-0.05, 0) is 74.3 Å². The van der Waals surface area contributed by atoms with E-state index in [1.165, 1.54) is 17.1 Å². The van der Waals surface area contributed by atoms with E-state index < -0.39 is 42.2 Å². The van der Waals surface area contributed by atoms with Gasteiger partial charge in [0.25, 0.3) is 12.3 Å². The number of ether oxygens (including phenoxy) is 1. The van der Waals surface area contributed by atoms with Crippen LogP contribution in [0.2, 0.25) is 0 Å². The van der Waals surface area contributed by atoms with Crippen molar-refractivity contribution in [2.45, 2.75) is 58.2 Å². The fraction of sp³-hybridized carbons (Fsp3) is 0.553. The molecule has 1 saturated carbocycles. The first-order chi connectivity index (χ1) is 24.9. The lowest BCUT2D eigenvalue weighted by atomic mass is 9.78. The number of carbonyl (C=O) groups excluding carboxylic acids is 1. The molecule has 0 spiro atoms. The van der Waals surface area contributed by atoms with Gasteiger partial charge in [-0.3, -0.25) is 14.6 Å². The van der Waals surface area contributed by atoms with Crippen molar-refractivity contribution < 1.29 is 36.6 Å². The van der Waals surface area contributed by atoms with Gasteiger partial charge in [0.05, 0.1) is 24.5 Å². The molecule has 7 rings (SSSR count). The molecule has 0 bridgehead atoms. The quantitative estimate of drug-likeness (QED) is 0.193. The van der Waals surface area contributed by atoms with Crippen molar-refractivity contribution in [1.29, 1.82) is 0 Å². The van der Waals surface area contributed by atoms with Crippen molar-refractivity contribution in [1.82, 2.24) is 19.7 Å². The Kier molecular flexibility index (Phi) is 10.4. The van der Waals surface area contributed by atoms with Crippen LogP contribution in [0.15, 0.2) is 64.1 Å². The number of allylic oxidation sites excluding steroid dienone is 5. The molecule has 52 heavy (non-hydrogen) atoms. The number of amides is 1. The number of carbonyl (C=O) groups is 1. The molecule has 6 aliphatic rings. The van der Waals surface area contributed by atoms with Crippen molar-refractivity contribution >= 4 is 23.0 Å². The fourth-order valence-corrected chi connectivity index (χ4v) is 8.24. The molecule has 4 heterocycles. The van der Waals surface area contributed by atoms with E-state index >= 15 is 13.2 Å². The number of piperazine rings is 1. The van der Waals surface area contributed by atoms with Gasteiger partial charge in [-0.1, -0.05) is 6.08 Å². The maximum absolute atomic E-state index is 15.8. The number of hydrogen-bond donors (Lipinski definition) is 4. The summed E-state index contributed by atoms with van der Waals surface area (Å²) in [6, 6.07) is 1.75. The number of nitrogens with zero attached hydrogens (tertiary/aromatic N) is 3. The fourth-order valence-electron chi connectivity index (χ4n) is 8.24. The molecule has 1 aromatic heterocycles.